The van der Waals surface area contributed by atoms with E-state index in [9.17, 15) is 4.79 Å². The van der Waals surface area contributed by atoms with Crippen LogP contribution in [0, 0.1) is 0 Å². The van der Waals surface area contributed by atoms with Gasteiger partial charge in [-0.05, 0) is 30.0 Å². The average molecular weight is 345 g/mol. The molecule has 0 bridgehead atoms. The fraction of sp³-hybridized carbons (Fsp3) is 0.444. The number of ether oxygens (including phenoxy) is 1. The molecule has 1 aliphatic rings. The lowest BCUT2D eigenvalue weighted by Gasteiger charge is -2.23. The minimum Gasteiger partial charge on any atom is -0.496 e. The van der Waals surface area contributed by atoms with E-state index in [1.807, 2.05) is 24.6 Å². The molecular formula is C18H23N3O2S. The summed E-state index contributed by atoms with van der Waals surface area (Å²) in [7, 11) is 3.52. The Hall–Kier alpha value is -2.08. The minimum atomic E-state index is -0.0425. The van der Waals surface area contributed by atoms with Crippen molar-refractivity contribution in [2.45, 2.75) is 31.7 Å². The van der Waals surface area contributed by atoms with Gasteiger partial charge in [-0.3, -0.25) is 0 Å². The normalized spacial score (nSPS) is 17.2. The van der Waals surface area contributed by atoms with Crippen LogP contribution >= 0.6 is 11.3 Å². The van der Waals surface area contributed by atoms with Gasteiger partial charge in [0.25, 0.3) is 0 Å². The number of fused-ring (bicyclic) bond motifs is 1. The van der Waals surface area contributed by atoms with Gasteiger partial charge in [0.05, 0.1) is 18.2 Å². The fourth-order valence-electron chi connectivity index (χ4n) is 3.27. The first-order valence-corrected chi connectivity index (χ1v) is 9.05. The Morgan fingerprint density at radius 2 is 2.38 bits per heavy atom. The summed E-state index contributed by atoms with van der Waals surface area (Å²) in [5.74, 6) is 1.15. The van der Waals surface area contributed by atoms with Crippen LogP contribution in [0.1, 0.15) is 41.4 Å². The maximum atomic E-state index is 12.5. The summed E-state index contributed by atoms with van der Waals surface area (Å²) in [4.78, 5) is 18.6. The first-order valence-electron chi connectivity index (χ1n) is 8.17. The summed E-state index contributed by atoms with van der Waals surface area (Å²) < 4.78 is 5.42. The Kier molecular flexibility index (Phi) is 5.04. The molecule has 3 rings (SSSR count). The summed E-state index contributed by atoms with van der Waals surface area (Å²) >= 11 is 1.63. The molecule has 128 valence electrons. The zero-order chi connectivity index (χ0) is 17.1. The first-order chi connectivity index (χ1) is 11.6. The van der Waals surface area contributed by atoms with E-state index in [-0.39, 0.29) is 18.0 Å². The summed E-state index contributed by atoms with van der Waals surface area (Å²) in [6, 6.07) is 6.05. The van der Waals surface area contributed by atoms with E-state index >= 15 is 0 Å². The van der Waals surface area contributed by atoms with E-state index in [0.717, 1.165) is 23.6 Å². The fourth-order valence-corrected chi connectivity index (χ4v) is 3.96. The second-order valence-corrected chi connectivity index (χ2v) is 7.15. The number of urea groups is 1. The second-order valence-electron chi connectivity index (χ2n) is 6.22. The number of benzene rings is 1. The number of amides is 2. The highest BCUT2D eigenvalue weighted by atomic mass is 32.1. The van der Waals surface area contributed by atoms with Crippen LogP contribution in [0.5, 0.6) is 5.75 Å². The topological polar surface area (TPSA) is 54.5 Å². The van der Waals surface area contributed by atoms with E-state index in [0.29, 0.717) is 6.54 Å². The number of likely N-dealkylation sites (N-methyl/N-ethyl adjacent to an activating group) is 1. The van der Waals surface area contributed by atoms with Crippen LogP contribution in [-0.2, 0) is 6.42 Å². The van der Waals surface area contributed by atoms with Crippen molar-refractivity contribution in [3.8, 4) is 5.75 Å². The Bertz CT molecular complexity index is 702. The number of thiazole rings is 1. The molecule has 1 heterocycles. The third kappa shape index (κ3) is 3.38. The van der Waals surface area contributed by atoms with E-state index < -0.39 is 0 Å². The van der Waals surface area contributed by atoms with E-state index in [4.69, 9.17) is 4.74 Å². The van der Waals surface area contributed by atoms with E-state index in [1.165, 1.54) is 11.1 Å². The zero-order valence-corrected chi connectivity index (χ0v) is 15.1. The first kappa shape index (κ1) is 16.8. The van der Waals surface area contributed by atoms with Gasteiger partial charge in [0, 0.05) is 31.1 Å². The third-order valence-corrected chi connectivity index (χ3v) is 5.52. The molecule has 2 atom stereocenters. The molecule has 0 saturated carbocycles. The van der Waals surface area contributed by atoms with Crippen LogP contribution in [0.2, 0.25) is 0 Å². The van der Waals surface area contributed by atoms with Crippen molar-refractivity contribution in [3.05, 3.63) is 45.9 Å². The van der Waals surface area contributed by atoms with Gasteiger partial charge < -0.3 is 15.0 Å². The van der Waals surface area contributed by atoms with E-state index in [2.05, 4.69) is 23.3 Å². The van der Waals surface area contributed by atoms with Crippen LogP contribution in [-0.4, -0.2) is 36.6 Å². The molecule has 1 aromatic carbocycles. The number of nitrogens with one attached hydrogen (secondary N) is 1. The Morgan fingerprint density at radius 1 is 1.54 bits per heavy atom. The SMILES string of the molecule is COc1cccc2c1CCC2NC(=O)N(C)CC(C)c1nccs1. The van der Waals surface area contributed by atoms with Crippen LogP contribution in [0.3, 0.4) is 0 Å². The minimum absolute atomic E-state index is 0.0425. The number of nitrogens with zero attached hydrogens (tertiary/aromatic N) is 2. The summed E-state index contributed by atoms with van der Waals surface area (Å²) in [5.41, 5.74) is 2.38. The molecule has 5 nitrogen and oxygen atoms in total. The molecular weight excluding hydrogens is 322 g/mol. The second kappa shape index (κ2) is 7.21. The molecule has 0 saturated heterocycles. The summed E-state index contributed by atoms with van der Waals surface area (Å²) in [6.45, 7) is 2.75. The third-order valence-electron chi connectivity index (χ3n) is 4.51. The number of aromatic nitrogens is 1. The highest BCUT2D eigenvalue weighted by molar-refractivity contribution is 7.09. The van der Waals surface area contributed by atoms with Gasteiger partial charge in [0.2, 0.25) is 0 Å². The smallest absolute Gasteiger partial charge is 0.317 e. The van der Waals surface area contributed by atoms with Gasteiger partial charge in [-0.25, -0.2) is 9.78 Å². The Balaban J connectivity index is 1.62. The average Bonchev–Trinajstić information content (AvgIpc) is 3.24. The number of methoxy groups -OCH3 is 1. The Morgan fingerprint density at radius 3 is 3.08 bits per heavy atom. The lowest BCUT2D eigenvalue weighted by atomic mass is 10.1. The molecule has 0 spiro atoms. The van der Waals surface area contributed by atoms with Crippen molar-refractivity contribution in [3.63, 3.8) is 0 Å². The molecule has 1 aromatic heterocycles. The summed E-state index contributed by atoms with van der Waals surface area (Å²) in [6.07, 6.45) is 3.65. The standard InChI is InChI=1S/C18H23N3O2S/c1-12(17-19-9-10-24-17)11-21(2)18(22)20-15-8-7-14-13(15)5-4-6-16(14)23-3/h4-6,9-10,12,15H,7-8,11H2,1-3H3,(H,20,22). The molecule has 1 aliphatic carbocycles. The van der Waals surface area contributed by atoms with Gasteiger partial charge in [-0.15, -0.1) is 11.3 Å². The predicted molar refractivity (Wildman–Crippen MR) is 95.7 cm³/mol. The van der Waals surface area contributed by atoms with Gasteiger partial charge in [-0.1, -0.05) is 19.1 Å². The monoisotopic (exact) mass is 345 g/mol. The van der Waals surface area contributed by atoms with Crippen LogP contribution in [0.15, 0.2) is 29.8 Å². The molecule has 0 radical (unpaired) electrons. The van der Waals surface area contributed by atoms with Crippen molar-refractivity contribution in [1.29, 1.82) is 0 Å². The van der Waals surface area contributed by atoms with Crippen molar-refractivity contribution in [2.75, 3.05) is 20.7 Å². The number of hydrogen-bond acceptors (Lipinski definition) is 4. The number of carbonyl (C=O) groups is 1. The highest BCUT2D eigenvalue weighted by Gasteiger charge is 2.27. The van der Waals surface area contributed by atoms with Crippen molar-refractivity contribution in [1.82, 2.24) is 15.2 Å². The van der Waals surface area contributed by atoms with Crippen LogP contribution in [0.25, 0.3) is 0 Å². The zero-order valence-electron chi connectivity index (χ0n) is 14.3. The lowest BCUT2D eigenvalue weighted by molar-refractivity contribution is 0.202. The van der Waals surface area contributed by atoms with E-state index in [1.54, 1.807) is 29.5 Å². The Labute approximate surface area is 146 Å². The number of hydrogen-bond donors (Lipinski definition) is 1. The molecule has 24 heavy (non-hydrogen) atoms. The molecule has 1 N–H and O–H groups in total. The largest absolute Gasteiger partial charge is 0.496 e. The van der Waals surface area contributed by atoms with Gasteiger partial charge in [0.1, 0.15) is 5.75 Å². The molecule has 0 aliphatic heterocycles. The summed E-state index contributed by atoms with van der Waals surface area (Å²) in [5, 5.41) is 6.18. The molecule has 0 fully saturated rings. The predicted octanol–water partition coefficient (Wildman–Crippen LogP) is 3.58. The van der Waals surface area contributed by atoms with Crippen molar-refractivity contribution >= 4 is 17.4 Å². The number of rotatable bonds is 5. The van der Waals surface area contributed by atoms with Crippen LogP contribution < -0.4 is 10.1 Å². The van der Waals surface area contributed by atoms with Gasteiger partial charge in [-0.2, -0.15) is 0 Å². The van der Waals surface area contributed by atoms with Crippen LogP contribution in [0.4, 0.5) is 4.79 Å². The maximum absolute atomic E-state index is 12.5. The molecule has 2 amide bonds. The van der Waals surface area contributed by atoms with Crippen molar-refractivity contribution < 1.29 is 9.53 Å². The molecule has 2 unspecified atom stereocenters. The van der Waals surface area contributed by atoms with Gasteiger partial charge in [0.15, 0.2) is 0 Å². The van der Waals surface area contributed by atoms with Gasteiger partial charge >= 0.3 is 6.03 Å². The van der Waals surface area contributed by atoms with Crippen molar-refractivity contribution in [2.24, 2.45) is 0 Å². The molecule has 6 heteroatoms. The quantitative estimate of drug-likeness (QED) is 0.901. The highest BCUT2D eigenvalue weighted by Crippen LogP contribution is 2.36. The lowest BCUT2D eigenvalue weighted by Crippen LogP contribution is -2.40. The number of carbonyl (C=O) groups excluding carboxylic acids is 1. The maximum Gasteiger partial charge on any atom is 0.317 e. The molecule has 2 aromatic rings.